The van der Waals surface area contributed by atoms with Gasteiger partial charge in [0.1, 0.15) is 5.69 Å². The van der Waals surface area contributed by atoms with E-state index in [0.29, 0.717) is 6.07 Å². The summed E-state index contributed by atoms with van der Waals surface area (Å²) in [6, 6.07) is 1.59. The van der Waals surface area contributed by atoms with Gasteiger partial charge in [-0.05, 0) is 25.0 Å². The predicted molar refractivity (Wildman–Crippen MR) is 83.4 cm³/mol. The Morgan fingerprint density at radius 2 is 1.96 bits per heavy atom. The van der Waals surface area contributed by atoms with Crippen molar-refractivity contribution in [3.05, 3.63) is 45.7 Å². The van der Waals surface area contributed by atoms with Crippen LogP contribution >= 0.6 is 11.3 Å². The Morgan fingerprint density at radius 3 is 2.67 bits per heavy atom. The van der Waals surface area contributed by atoms with E-state index in [4.69, 9.17) is 0 Å². The van der Waals surface area contributed by atoms with E-state index in [1.165, 1.54) is 11.3 Å². The molecular formula is C15H14F3N3O2S. The summed E-state index contributed by atoms with van der Waals surface area (Å²) in [7, 11) is 0. The van der Waals surface area contributed by atoms with Gasteiger partial charge >= 0.3 is 0 Å². The number of thiazole rings is 1. The third kappa shape index (κ3) is 4.31. The van der Waals surface area contributed by atoms with Crippen molar-refractivity contribution < 1.29 is 22.8 Å². The van der Waals surface area contributed by atoms with Crippen LogP contribution in [0.5, 0.6) is 0 Å². The van der Waals surface area contributed by atoms with Gasteiger partial charge < -0.3 is 10.6 Å². The summed E-state index contributed by atoms with van der Waals surface area (Å²) < 4.78 is 39.3. The van der Waals surface area contributed by atoms with E-state index < -0.39 is 41.5 Å². The molecule has 0 atom stereocenters. The van der Waals surface area contributed by atoms with Gasteiger partial charge in [-0.2, -0.15) is 0 Å². The summed E-state index contributed by atoms with van der Waals surface area (Å²) in [4.78, 5) is 27.7. The van der Waals surface area contributed by atoms with Crippen molar-refractivity contribution in [2.24, 2.45) is 0 Å². The van der Waals surface area contributed by atoms with Crippen LogP contribution in [0.2, 0.25) is 0 Å². The lowest BCUT2D eigenvalue weighted by molar-refractivity contribution is -0.115. The van der Waals surface area contributed by atoms with Crippen molar-refractivity contribution in [1.82, 2.24) is 10.3 Å². The zero-order chi connectivity index (χ0) is 17.7. The number of nitrogens with one attached hydrogen (secondary N) is 2. The second-order valence-electron chi connectivity index (χ2n) is 4.83. The predicted octanol–water partition coefficient (Wildman–Crippen LogP) is 2.88. The van der Waals surface area contributed by atoms with E-state index in [1.807, 2.05) is 6.92 Å². The molecule has 0 aliphatic carbocycles. The fraction of sp³-hybridized carbons (Fsp3) is 0.267. The van der Waals surface area contributed by atoms with Crippen LogP contribution in [0.15, 0.2) is 17.5 Å². The molecule has 0 spiro atoms. The van der Waals surface area contributed by atoms with Crippen LogP contribution in [0.3, 0.4) is 0 Å². The van der Waals surface area contributed by atoms with Gasteiger partial charge in [0.2, 0.25) is 5.91 Å². The average molecular weight is 357 g/mol. The van der Waals surface area contributed by atoms with Gasteiger partial charge in [0.25, 0.3) is 5.91 Å². The quantitative estimate of drug-likeness (QED) is 0.781. The number of halogens is 3. The van der Waals surface area contributed by atoms with Crippen molar-refractivity contribution in [2.45, 2.75) is 19.8 Å². The Balaban J connectivity index is 1.91. The molecule has 0 fully saturated rings. The highest BCUT2D eigenvalue weighted by Gasteiger charge is 2.16. The smallest absolute Gasteiger partial charge is 0.271 e. The SMILES string of the molecule is CCCc1nc(C(=O)NCC(=O)Nc2ccc(F)c(F)c2F)cs1. The molecule has 0 saturated heterocycles. The topological polar surface area (TPSA) is 71.1 Å². The molecule has 1 aromatic carbocycles. The van der Waals surface area contributed by atoms with Crippen LogP contribution in [0.25, 0.3) is 0 Å². The molecule has 0 aliphatic rings. The Labute approximate surface area is 139 Å². The maximum absolute atomic E-state index is 13.4. The summed E-state index contributed by atoms with van der Waals surface area (Å²) in [6.07, 6.45) is 1.66. The Morgan fingerprint density at radius 1 is 1.21 bits per heavy atom. The van der Waals surface area contributed by atoms with Gasteiger partial charge in [-0.15, -0.1) is 11.3 Å². The van der Waals surface area contributed by atoms with Gasteiger partial charge in [0.15, 0.2) is 17.5 Å². The van der Waals surface area contributed by atoms with Gasteiger partial charge in [-0.3, -0.25) is 9.59 Å². The van der Waals surface area contributed by atoms with Crippen molar-refractivity contribution in [3.8, 4) is 0 Å². The molecule has 0 radical (unpaired) electrons. The van der Waals surface area contributed by atoms with E-state index in [2.05, 4.69) is 15.6 Å². The molecule has 24 heavy (non-hydrogen) atoms. The number of anilines is 1. The van der Waals surface area contributed by atoms with Crippen molar-refractivity contribution in [3.63, 3.8) is 0 Å². The van der Waals surface area contributed by atoms with Gasteiger partial charge in [-0.25, -0.2) is 18.2 Å². The molecule has 5 nitrogen and oxygen atoms in total. The number of rotatable bonds is 6. The molecule has 0 saturated carbocycles. The van der Waals surface area contributed by atoms with E-state index in [0.717, 1.165) is 23.9 Å². The largest absolute Gasteiger partial charge is 0.342 e. The summed E-state index contributed by atoms with van der Waals surface area (Å²) in [6.45, 7) is 1.53. The van der Waals surface area contributed by atoms with Gasteiger partial charge in [0.05, 0.1) is 17.2 Å². The maximum atomic E-state index is 13.4. The lowest BCUT2D eigenvalue weighted by atomic mass is 10.2. The van der Waals surface area contributed by atoms with Gasteiger partial charge in [-0.1, -0.05) is 6.92 Å². The Kier molecular flexibility index (Phi) is 5.91. The third-order valence-electron chi connectivity index (χ3n) is 2.97. The second-order valence-corrected chi connectivity index (χ2v) is 5.77. The van der Waals surface area contributed by atoms with Crippen molar-refractivity contribution in [2.75, 3.05) is 11.9 Å². The molecule has 0 bridgehead atoms. The second kappa shape index (κ2) is 7.91. The molecule has 2 rings (SSSR count). The van der Waals surface area contributed by atoms with Gasteiger partial charge in [0, 0.05) is 5.38 Å². The zero-order valence-corrected chi connectivity index (χ0v) is 13.5. The van der Waals surface area contributed by atoms with Crippen molar-refractivity contribution in [1.29, 1.82) is 0 Å². The molecule has 128 valence electrons. The molecule has 1 heterocycles. The van der Waals surface area contributed by atoms with Crippen LogP contribution in [-0.2, 0) is 11.2 Å². The first-order chi connectivity index (χ1) is 11.4. The Bertz CT molecular complexity index is 764. The number of nitrogens with zero attached hydrogens (tertiary/aromatic N) is 1. The van der Waals surface area contributed by atoms with Crippen LogP contribution in [0.1, 0.15) is 28.8 Å². The number of amides is 2. The van der Waals surface area contributed by atoms with Crippen LogP contribution in [-0.4, -0.2) is 23.3 Å². The highest BCUT2D eigenvalue weighted by Crippen LogP contribution is 2.19. The average Bonchev–Trinajstić information content (AvgIpc) is 3.02. The molecule has 2 N–H and O–H groups in total. The standard InChI is InChI=1S/C15H14F3N3O2S/c1-2-3-12-21-10(7-24-12)15(23)19-6-11(22)20-9-5-4-8(16)13(17)14(9)18/h4-5,7H,2-3,6H2,1H3,(H,19,23)(H,20,22). The summed E-state index contributed by atoms with van der Waals surface area (Å²) in [5, 5.41) is 6.77. The lowest BCUT2D eigenvalue weighted by Crippen LogP contribution is -2.33. The van der Waals surface area contributed by atoms with E-state index in [9.17, 15) is 22.8 Å². The maximum Gasteiger partial charge on any atom is 0.271 e. The van der Waals surface area contributed by atoms with E-state index in [1.54, 1.807) is 5.38 Å². The highest BCUT2D eigenvalue weighted by atomic mass is 32.1. The monoisotopic (exact) mass is 357 g/mol. The van der Waals surface area contributed by atoms with Crippen LogP contribution < -0.4 is 10.6 Å². The third-order valence-corrected chi connectivity index (χ3v) is 3.88. The Hall–Kier alpha value is -2.42. The first kappa shape index (κ1) is 17.9. The molecule has 9 heteroatoms. The summed E-state index contributed by atoms with van der Waals surface area (Å²) >= 11 is 1.34. The molecule has 0 aliphatic heterocycles. The number of aryl methyl sites for hydroxylation is 1. The first-order valence-corrected chi connectivity index (χ1v) is 7.96. The summed E-state index contributed by atoms with van der Waals surface area (Å²) in [5.74, 6) is -5.86. The van der Waals surface area contributed by atoms with Crippen LogP contribution in [0, 0.1) is 17.5 Å². The minimum Gasteiger partial charge on any atom is -0.342 e. The zero-order valence-electron chi connectivity index (χ0n) is 12.7. The fourth-order valence-corrected chi connectivity index (χ4v) is 2.69. The number of hydrogen-bond donors (Lipinski definition) is 2. The molecule has 0 unspecified atom stereocenters. The first-order valence-electron chi connectivity index (χ1n) is 7.08. The number of carbonyl (C=O) groups is 2. The molecule has 2 aromatic rings. The minimum atomic E-state index is -1.68. The number of carbonyl (C=O) groups excluding carboxylic acids is 2. The lowest BCUT2D eigenvalue weighted by Gasteiger charge is -2.08. The number of hydrogen-bond acceptors (Lipinski definition) is 4. The number of aromatic nitrogens is 1. The molecule has 1 aromatic heterocycles. The van der Waals surface area contributed by atoms with E-state index >= 15 is 0 Å². The normalized spacial score (nSPS) is 10.5. The minimum absolute atomic E-state index is 0.190. The molecule has 2 amide bonds. The fourth-order valence-electron chi connectivity index (χ4n) is 1.81. The summed E-state index contributed by atoms with van der Waals surface area (Å²) in [5.41, 5.74) is -0.317. The number of benzene rings is 1. The van der Waals surface area contributed by atoms with E-state index in [-0.39, 0.29) is 5.69 Å². The molecular weight excluding hydrogens is 343 g/mol. The van der Waals surface area contributed by atoms with Crippen molar-refractivity contribution >= 4 is 28.8 Å². The highest BCUT2D eigenvalue weighted by molar-refractivity contribution is 7.09. The van der Waals surface area contributed by atoms with Crippen LogP contribution in [0.4, 0.5) is 18.9 Å².